The van der Waals surface area contributed by atoms with Gasteiger partial charge in [-0.25, -0.2) is 4.79 Å². The Kier molecular flexibility index (Phi) is 4.29. The highest BCUT2D eigenvalue weighted by molar-refractivity contribution is 9.10. The lowest BCUT2D eigenvalue weighted by Crippen LogP contribution is -2.11. The summed E-state index contributed by atoms with van der Waals surface area (Å²) >= 11 is 3.43. The number of anilines is 2. The molecule has 0 fully saturated rings. The number of carboxylic acid groups (broad SMARTS) is 1. The second-order valence-electron chi connectivity index (χ2n) is 4.49. The molecule has 4 N–H and O–H groups in total. The molecule has 0 heterocycles. The van der Waals surface area contributed by atoms with Crippen LogP contribution in [0.15, 0.2) is 46.9 Å². The number of aromatic carboxylic acids is 1. The average molecular weight is 335 g/mol. The monoisotopic (exact) mass is 334 g/mol. The Bertz CT molecular complexity index is 644. The third-order valence-corrected chi connectivity index (χ3v) is 3.55. The number of carbonyl (C=O) groups is 1. The molecule has 5 heteroatoms. The zero-order valence-corrected chi connectivity index (χ0v) is 12.5. The zero-order chi connectivity index (χ0) is 14.7. The molecular formula is C15H15BrN2O2. The van der Waals surface area contributed by atoms with Crippen LogP contribution in [-0.2, 0) is 0 Å². The first-order valence-electron chi connectivity index (χ1n) is 6.13. The molecule has 0 aliphatic carbocycles. The number of nitrogens with one attached hydrogen (secondary N) is 1. The van der Waals surface area contributed by atoms with Gasteiger partial charge in [-0.1, -0.05) is 34.1 Å². The second kappa shape index (κ2) is 5.96. The fraction of sp³-hybridized carbons (Fsp3) is 0.133. The normalized spacial score (nSPS) is 11.9. The van der Waals surface area contributed by atoms with Gasteiger partial charge < -0.3 is 16.2 Å². The van der Waals surface area contributed by atoms with E-state index in [-0.39, 0.29) is 17.3 Å². The van der Waals surface area contributed by atoms with Crippen molar-refractivity contribution < 1.29 is 9.90 Å². The Morgan fingerprint density at radius 1 is 1.30 bits per heavy atom. The number of hydrogen-bond acceptors (Lipinski definition) is 3. The van der Waals surface area contributed by atoms with Gasteiger partial charge in [0.2, 0.25) is 0 Å². The van der Waals surface area contributed by atoms with Crippen molar-refractivity contribution >= 4 is 33.3 Å². The molecule has 0 saturated heterocycles. The summed E-state index contributed by atoms with van der Waals surface area (Å²) in [6.45, 7) is 1.99. The van der Waals surface area contributed by atoms with E-state index in [4.69, 9.17) is 10.8 Å². The highest BCUT2D eigenvalue weighted by Crippen LogP contribution is 2.27. The van der Waals surface area contributed by atoms with Crippen molar-refractivity contribution in [3.8, 4) is 0 Å². The van der Waals surface area contributed by atoms with Crippen LogP contribution < -0.4 is 11.1 Å². The average Bonchev–Trinajstić information content (AvgIpc) is 2.40. The van der Waals surface area contributed by atoms with Crippen LogP contribution in [-0.4, -0.2) is 11.1 Å². The van der Waals surface area contributed by atoms with Gasteiger partial charge in [0.25, 0.3) is 0 Å². The SMILES string of the molecule is CC(Nc1cccc(C(=O)O)c1N)c1cccc(Br)c1. The summed E-state index contributed by atoms with van der Waals surface area (Å²) in [5, 5.41) is 12.3. The number of rotatable bonds is 4. The van der Waals surface area contributed by atoms with Gasteiger partial charge in [-0.05, 0) is 36.8 Å². The Morgan fingerprint density at radius 2 is 2.00 bits per heavy atom. The molecule has 0 aromatic heterocycles. The molecule has 0 amide bonds. The van der Waals surface area contributed by atoms with Crippen molar-refractivity contribution in [2.45, 2.75) is 13.0 Å². The van der Waals surface area contributed by atoms with Crippen LogP contribution in [0.25, 0.3) is 0 Å². The van der Waals surface area contributed by atoms with Crippen molar-refractivity contribution in [2.24, 2.45) is 0 Å². The van der Waals surface area contributed by atoms with E-state index in [9.17, 15) is 4.79 Å². The molecule has 104 valence electrons. The van der Waals surface area contributed by atoms with Crippen LogP contribution in [0.4, 0.5) is 11.4 Å². The quantitative estimate of drug-likeness (QED) is 0.741. The fourth-order valence-corrected chi connectivity index (χ4v) is 2.39. The van der Waals surface area contributed by atoms with Crippen LogP contribution in [0.1, 0.15) is 28.9 Å². The number of carboxylic acids is 1. The van der Waals surface area contributed by atoms with Gasteiger partial charge in [-0.3, -0.25) is 0 Å². The summed E-state index contributed by atoms with van der Waals surface area (Å²) in [4.78, 5) is 11.1. The van der Waals surface area contributed by atoms with Crippen molar-refractivity contribution in [3.05, 3.63) is 58.1 Å². The van der Waals surface area contributed by atoms with Crippen LogP contribution in [0, 0.1) is 0 Å². The van der Waals surface area contributed by atoms with E-state index >= 15 is 0 Å². The predicted octanol–water partition coefficient (Wildman–Crippen LogP) is 3.90. The standard InChI is InChI=1S/C15H15BrN2O2/c1-9(10-4-2-5-11(16)8-10)18-13-7-3-6-12(14(13)17)15(19)20/h2-9,18H,17H2,1H3,(H,19,20). The van der Waals surface area contributed by atoms with Gasteiger partial charge in [0.05, 0.1) is 16.9 Å². The minimum atomic E-state index is -1.03. The van der Waals surface area contributed by atoms with E-state index in [1.165, 1.54) is 6.07 Å². The molecule has 0 bridgehead atoms. The molecule has 1 atom stereocenters. The molecule has 0 aliphatic heterocycles. The Morgan fingerprint density at radius 3 is 2.65 bits per heavy atom. The maximum atomic E-state index is 11.1. The van der Waals surface area contributed by atoms with Crippen molar-refractivity contribution in [1.82, 2.24) is 0 Å². The van der Waals surface area contributed by atoms with Gasteiger partial charge in [-0.15, -0.1) is 0 Å². The summed E-state index contributed by atoms with van der Waals surface area (Å²) in [6.07, 6.45) is 0. The van der Waals surface area contributed by atoms with Crippen molar-refractivity contribution in [3.63, 3.8) is 0 Å². The maximum Gasteiger partial charge on any atom is 0.337 e. The van der Waals surface area contributed by atoms with E-state index in [1.54, 1.807) is 12.1 Å². The zero-order valence-electron chi connectivity index (χ0n) is 10.9. The lowest BCUT2D eigenvalue weighted by Gasteiger charge is -2.18. The molecule has 0 radical (unpaired) electrons. The van der Waals surface area contributed by atoms with Gasteiger partial charge in [0.1, 0.15) is 0 Å². The van der Waals surface area contributed by atoms with Crippen LogP contribution >= 0.6 is 15.9 Å². The maximum absolute atomic E-state index is 11.1. The molecule has 2 aromatic rings. The number of nitrogen functional groups attached to an aromatic ring is 1. The summed E-state index contributed by atoms with van der Waals surface area (Å²) in [5.74, 6) is -1.03. The summed E-state index contributed by atoms with van der Waals surface area (Å²) in [5.41, 5.74) is 7.95. The number of halogens is 1. The highest BCUT2D eigenvalue weighted by atomic mass is 79.9. The molecule has 0 spiro atoms. The number of benzene rings is 2. The van der Waals surface area contributed by atoms with Crippen LogP contribution in [0.2, 0.25) is 0 Å². The van der Waals surface area contributed by atoms with E-state index in [1.807, 2.05) is 31.2 Å². The van der Waals surface area contributed by atoms with Crippen molar-refractivity contribution in [2.75, 3.05) is 11.1 Å². The topological polar surface area (TPSA) is 75.3 Å². The minimum Gasteiger partial charge on any atom is -0.478 e. The largest absolute Gasteiger partial charge is 0.478 e. The first kappa shape index (κ1) is 14.4. The molecule has 0 aliphatic rings. The van der Waals surface area contributed by atoms with Gasteiger partial charge in [0, 0.05) is 10.5 Å². The fourth-order valence-electron chi connectivity index (χ4n) is 1.97. The van der Waals surface area contributed by atoms with E-state index in [0.717, 1.165) is 10.0 Å². The van der Waals surface area contributed by atoms with Gasteiger partial charge in [0.15, 0.2) is 0 Å². The Labute approximate surface area is 125 Å². The van der Waals surface area contributed by atoms with Crippen LogP contribution in [0.3, 0.4) is 0 Å². The summed E-state index contributed by atoms with van der Waals surface area (Å²) in [6, 6.07) is 12.9. The van der Waals surface area contributed by atoms with Gasteiger partial charge >= 0.3 is 5.97 Å². The molecule has 4 nitrogen and oxygen atoms in total. The Hall–Kier alpha value is -2.01. The van der Waals surface area contributed by atoms with E-state index in [2.05, 4.69) is 21.2 Å². The first-order chi connectivity index (χ1) is 9.49. The number of para-hydroxylation sites is 1. The van der Waals surface area contributed by atoms with E-state index in [0.29, 0.717) is 5.69 Å². The van der Waals surface area contributed by atoms with E-state index < -0.39 is 5.97 Å². The molecule has 2 aromatic carbocycles. The van der Waals surface area contributed by atoms with Gasteiger partial charge in [-0.2, -0.15) is 0 Å². The number of hydrogen-bond donors (Lipinski definition) is 3. The van der Waals surface area contributed by atoms with Crippen molar-refractivity contribution in [1.29, 1.82) is 0 Å². The summed E-state index contributed by atoms with van der Waals surface area (Å²) < 4.78 is 0.996. The molecule has 1 unspecified atom stereocenters. The summed E-state index contributed by atoms with van der Waals surface area (Å²) in [7, 11) is 0. The molecule has 20 heavy (non-hydrogen) atoms. The molecular weight excluding hydrogens is 320 g/mol. The highest BCUT2D eigenvalue weighted by Gasteiger charge is 2.13. The first-order valence-corrected chi connectivity index (χ1v) is 6.92. The molecule has 0 saturated carbocycles. The lowest BCUT2D eigenvalue weighted by molar-refractivity contribution is 0.0698. The predicted molar refractivity (Wildman–Crippen MR) is 84.0 cm³/mol. The third kappa shape index (κ3) is 3.11. The Balaban J connectivity index is 2.26. The second-order valence-corrected chi connectivity index (χ2v) is 5.41. The smallest absolute Gasteiger partial charge is 0.337 e. The lowest BCUT2D eigenvalue weighted by atomic mass is 10.1. The van der Waals surface area contributed by atoms with Crippen LogP contribution in [0.5, 0.6) is 0 Å². The molecule has 2 rings (SSSR count). The third-order valence-electron chi connectivity index (χ3n) is 3.06. The minimum absolute atomic E-state index is 0.0128. The number of nitrogens with two attached hydrogens (primary N) is 1.